The van der Waals surface area contributed by atoms with E-state index in [1.54, 1.807) is 7.11 Å². The Morgan fingerprint density at radius 3 is 2.81 bits per heavy atom. The summed E-state index contributed by atoms with van der Waals surface area (Å²) >= 11 is 0. The van der Waals surface area contributed by atoms with Crippen LogP contribution in [0.4, 0.5) is 0 Å². The molecule has 1 aromatic rings. The lowest BCUT2D eigenvalue weighted by molar-refractivity contribution is -0.125. The molecule has 4 atom stereocenters. The van der Waals surface area contributed by atoms with Gasteiger partial charge in [-0.15, -0.1) is 0 Å². The van der Waals surface area contributed by atoms with Crippen molar-refractivity contribution in [2.45, 2.75) is 64.9 Å². The Morgan fingerprint density at radius 2 is 2.08 bits per heavy atom. The minimum atomic E-state index is -0.260. The maximum atomic E-state index is 13.1. The first-order valence-electron chi connectivity index (χ1n) is 9.88. The second-order valence-electron chi connectivity index (χ2n) is 8.66. The molecule has 1 aromatic carbocycles. The molecule has 3 aliphatic carbocycles. The van der Waals surface area contributed by atoms with E-state index < -0.39 is 0 Å². The molecule has 0 heterocycles. The number of carbonyl (C=O) groups is 1. The minimum absolute atomic E-state index is 0.00928. The number of methoxy groups -OCH3 is 1. The number of carbonyl (C=O) groups excluding carboxylic acids is 1. The SMILES string of the molecule is COc1ccc2c(c1)CC[C@@H]1[C@@H]2CC[C@@]2(C)C(=O)/C(=N/OC(C)C)C[C@@H]12. The number of benzene rings is 1. The summed E-state index contributed by atoms with van der Waals surface area (Å²) in [5.74, 6) is 2.67. The molecule has 140 valence electrons. The van der Waals surface area contributed by atoms with Crippen LogP contribution < -0.4 is 4.74 Å². The number of hydrogen-bond acceptors (Lipinski definition) is 4. The fourth-order valence-electron chi connectivity index (χ4n) is 5.54. The van der Waals surface area contributed by atoms with Gasteiger partial charge in [-0.1, -0.05) is 18.1 Å². The quantitative estimate of drug-likeness (QED) is 0.750. The van der Waals surface area contributed by atoms with Gasteiger partial charge in [0.1, 0.15) is 17.6 Å². The van der Waals surface area contributed by atoms with Crippen LogP contribution in [0.15, 0.2) is 23.4 Å². The van der Waals surface area contributed by atoms with E-state index in [1.165, 1.54) is 11.1 Å². The van der Waals surface area contributed by atoms with Crippen molar-refractivity contribution in [1.82, 2.24) is 0 Å². The van der Waals surface area contributed by atoms with Crippen molar-refractivity contribution in [3.8, 4) is 5.75 Å². The molecule has 0 N–H and O–H groups in total. The molecular weight excluding hydrogens is 326 g/mol. The van der Waals surface area contributed by atoms with Gasteiger partial charge >= 0.3 is 0 Å². The highest BCUT2D eigenvalue weighted by Gasteiger charge is 2.57. The average Bonchev–Trinajstić information content (AvgIpc) is 2.90. The van der Waals surface area contributed by atoms with E-state index in [0.29, 0.717) is 23.5 Å². The smallest absolute Gasteiger partial charge is 0.186 e. The minimum Gasteiger partial charge on any atom is -0.497 e. The van der Waals surface area contributed by atoms with Crippen molar-refractivity contribution in [1.29, 1.82) is 0 Å². The molecule has 0 amide bonds. The number of ether oxygens (including phenoxy) is 1. The fraction of sp³-hybridized carbons (Fsp3) is 0.636. The highest BCUT2D eigenvalue weighted by atomic mass is 16.6. The Labute approximate surface area is 155 Å². The summed E-state index contributed by atoms with van der Waals surface area (Å²) in [6.07, 6.45) is 5.04. The van der Waals surface area contributed by atoms with E-state index in [0.717, 1.165) is 37.9 Å². The number of ketones is 1. The highest BCUT2D eigenvalue weighted by molar-refractivity contribution is 6.43. The third-order valence-electron chi connectivity index (χ3n) is 6.89. The van der Waals surface area contributed by atoms with E-state index in [2.05, 4.69) is 30.3 Å². The Morgan fingerprint density at radius 1 is 1.27 bits per heavy atom. The molecule has 0 saturated heterocycles. The van der Waals surface area contributed by atoms with Gasteiger partial charge in [-0.25, -0.2) is 0 Å². The molecule has 0 aromatic heterocycles. The molecular formula is C22H29NO3. The van der Waals surface area contributed by atoms with Gasteiger partial charge in [0.05, 0.1) is 7.11 Å². The number of rotatable bonds is 3. The first-order chi connectivity index (χ1) is 12.4. The van der Waals surface area contributed by atoms with Crippen LogP contribution in [0.25, 0.3) is 0 Å². The second kappa shape index (κ2) is 6.40. The summed E-state index contributed by atoms with van der Waals surface area (Å²) < 4.78 is 5.40. The van der Waals surface area contributed by atoms with Crippen molar-refractivity contribution in [2.75, 3.05) is 7.11 Å². The number of oxime groups is 1. The predicted octanol–water partition coefficient (Wildman–Crippen LogP) is 4.51. The lowest BCUT2D eigenvalue weighted by Gasteiger charge is -2.47. The molecule has 0 unspecified atom stereocenters. The average molecular weight is 355 g/mol. The lowest BCUT2D eigenvalue weighted by atomic mass is 9.55. The van der Waals surface area contributed by atoms with Gasteiger partial charge in [0, 0.05) is 11.8 Å². The molecule has 4 rings (SSSR count). The first kappa shape index (κ1) is 17.6. The molecule has 4 heteroatoms. The number of hydrogen-bond donors (Lipinski definition) is 0. The monoisotopic (exact) mass is 355 g/mol. The largest absolute Gasteiger partial charge is 0.497 e. The molecule has 2 fully saturated rings. The lowest BCUT2D eigenvalue weighted by Crippen LogP contribution is -2.42. The molecule has 0 aliphatic heterocycles. The maximum absolute atomic E-state index is 13.1. The summed E-state index contributed by atoms with van der Waals surface area (Å²) in [6, 6.07) is 6.53. The summed E-state index contributed by atoms with van der Waals surface area (Å²) in [7, 11) is 1.73. The van der Waals surface area contributed by atoms with Gasteiger partial charge in [0.25, 0.3) is 0 Å². The van der Waals surface area contributed by atoms with Crippen LogP contribution in [0, 0.1) is 17.3 Å². The van der Waals surface area contributed by atoms with Gasteiger partial charge < -0.3 is 9.57 Å². The van der Waals surface area contributed by atoms with Gasteiger partial charge in [-0.2, -0.15) is 0 Å². The molecule has 0 spiro atoms. The Hall–Kier alpha value is -1.84. The molecule has 26 heavy (non-hydrogen) atoms. The zero-order chi connectivity index (χ0) is 18.5. The summed E-state index contributed by atoms with van der Waals surface area (Å²) in [5.41, 5.74) is 3.30. The Kier molecular flexibility index (Phi) is 4.32. The molecule has 0 radical (unpaired) electrons. The number of aryl methyl sites for hydroxylation is 1. The summed E-state index contributed by atoms with van der Waals surface area (Å²) in [6.45, 7) is 6.05. The van der Waals surface area contributed by atoms with Crippen LogP contribution in [0.1, 0.15) is 63.5 Å². The van der Waals surface area contributed by atoms with E-state index in [4.69, 9.17) is 9.57 Å². The van der Waals surface area contributed by atoms with Gasteiger partial charge in [0.15, 0.2) is 5.78 Å². The zero-order valence-electron chi connectivity index (χ0n) is 16.2. The van der Waals surface area contributed by atoms with Crippen LogP contribution >= 0.6 is 0 Å². The molecule has 0 bridgehead atoms. The van der Waals surface area contributed by atoms with Gasteiger partial charge in [0.2, 0.25) is 0 Å². The van der Waals surface area contributed by atoms with Crippen molar-refractivity contribution < 1.29 is 14.4 Å². The van der Waals surface area contributed by atoms with Crippen molar-refractivity contribution in [2.24, 2.45) is 22.4 Å². The van der Waals surface area contributed by atoms with Crippen molar-refractivity contribution >= 4 is 11.5 Å². The summed E-state index contributed by atoms with van der Waals surface area (Å²) in [4.78, 5) is 18.5. The van der Waals surface area contributed by atoms with Crippen molar-refractivity contribution in [3.05, 3.63) is 29.3 Å². The topological polar surface area (TPSA) is 47.9 Å². The standard InChI is InChI=1S/C22H29NO3/c1-13(2)26-23-20-12-19-18-7-5-14-11-15(25-4)6-8-16(14)17(18)9-10-22(19,3)21(20)24/h6,8,11,13,17-19H,5,7,9-10,12H2,1-4H3/b23-20+/t17-,18-,19+,22-/m1/s1. The Balaban J connectivity index is 1.64. The number of fused-ring (bicyclic) bond motifs is 5. The van der Waals surface area contributed by atoms with Gasteiger partial charge in [-0.05, 0) is 80.5 Å². The summed E-state index contributed by atoms with van der Waals surface area (Å²) in [5, 5.41) is 4.23. The highest BCUT2D eigenvalue weighted by Crippen LogP contribution is 2.59. The molecule has 2 saturated carbocycles. The Bertz CT molecular complexity index is 754. The number of nitrogens with zero attached hydrogens (tertiary/aromatic N) is 1. The molecule has 3 aliphatic rings. The van der Waals surface area contributed by atoms with E-state index in [1.807, 2.05) is 13.8 Å². The third-order valence-corrected chi connectivity index (χ3v) is 6.89. The van der Waals surface area contributed by atoms with Crippen LogP contribution in [-0.4, -0.2) is 24.7 Å². The van der Waals surface area contributed by atoms with Crippen LogP contribution in [0.2, 0.25) is 0 Å². The van der Waals surface area contributed by atoms with Gasteiger partial charge in [-0.3, -0.25) is 4.79 Å². The predicted molar refractivity (Wildman–Crippen MR) is 102 cm³/mol. The normalized spacial score (nSPS) is 34.4. The van der Waals surface area contributed by atoms with Crippen molar-refractivity contribution in [3.63, 3.8) is 0 Å². The van der Waals surface area contributed by atoms with Crippen LogP contribution in [-0.2, 0) is 16.1 Å². The fourth-order valence-corrected chi connectivity index (χ4v) is 5.54. The second-order valence-corrected chi connectivity index (χ2v) is 8.66. The molecule has 4 nitrogen and oxygen atoms in total. The maximum Gasteiger partial charge on any atom is 0.186 e. The number of Topliss-reactive ketones (excluding diaryl/α,β-unsaturated/α-hetero) is 1. The van der Waals surface area contributed by atoms with E-state index >= 15 is 0 Å². The first-order valence-corrected chi connectivity index (χ1v) is 9.88. The zero-order valence-corrected chi connectivity index (χ0v) is 16.2. The van der Waals surface area contributed by atoms with Crippen LogP contribution in [0.3, 0.4) is 0 Å². The third kappa shape index (κ3) is 2.65. The van der Waals surface area contributed by atoms with E-state index in [-0.39, 0.29) is 17.3 Å². The van der Waals surface area contributed by atoms with Crippen LogP contribution in [0.5, 0.6) is 5.75 Å². The van der Waals surface area contributed by atoms with E-state index in [9.17, 15) is 4.79 Å².